The monoisotopic (exact) mass is 282 g/mol. The number of para-hydroxylation sites is 1. The number of nitrogens with zero attached hydrogens (tertiary/aromatic N) is 2. The zero-order valence-corrected chi connectivity index (χ0v) is 11.1. The molecule has 0 fully saturated rings. The van der Waals surface area contributed by atoms with Crippen LogP contribution in [-0.4, -0.2) is 18.2 Å². The molecule has 7 nitrogen and oxygen atoms in total. The first-order valence-corrected chi connectivity index (χ1v) is 7.08. The lowest BCUT2D eigenvalue weighted by Gasteiger charge is -2.09. The van der Waals surface area contributed by atoms with Gasteiger partial charge in [-0.2, -0.15) is 5.10 Å². The lowest BCUT2D eigenvalue weighted by atomic mass is 10.3. The molecule has 2 aromatic rings. The molecule has 0 aliphatic heterocycles. The Morgan fingerprint density at radius 3 is 2.74 bits per heavy atom. The molecule has 0 unspecified atom stereocenters. The number of primary sulfonamides is 1. The van der Waals surface area contributed by atoms with Crippen molar-refractivity contribution in [1.29, 1.82) is 0 Å². The highest BCUT2D eigenvalue weighted by atomic mass is 32.2. The minimum Gasteiger partial charge on any atom is -0.452 e. The number of nitrogens with two attached hydrogens (primary N) is 2. The summed E-state index contributed by atoms with van der Waals surface area (Å²) in [5.41, 5.74) is 5.73. The summed E-state index contributed by atoms with van der Waals surface area (Å²) in [5, 5.41) is 9.11. The van der Waals surface area contributed by atoms with E-state index >= 15 is 0 Å². The molecular formula is C11H14N4O3S. The summed E-state index contributed by atoms with van der Waals surface area (Å²) in [6, 6.07) is 4.40. The van der Waals surface area contributed by atoms with Gasteiger partial charge in [-0.1, -0.05) is 6.07 Å². The topological polar surface area (TPSA) is 113 Å². The summed E-state index contributed by atoms with van der Waals surface area (Å²) >= 11 is 0. The van der Waals surface area contributed by atoms with Crippen molar-refractivity contribution >= 4 is 15.7 Å². The molecule has 1 aromatic carbocycles. The van der Waals surface area contributed by atoms with E-state index in [2.05, 4.69) is 5.10 Å². The van der Waals surface area contributed by atoms with Gasteiger partial charge in [-0.15, -0.1) is 0 Å². The number of benzene rings is 1. The van der Waals surface area contributed by atoms with Crippen LogP contribution in [0.3, 0.4) is 0 Å². The van der Waals surface area contributed by atoms with Gasteiger partial charge in [0.2, 0.25) is 10.0 Å². The number of hydrogen-bond acceptors (Lipinski definition) is 5. The molecule has 4 N–H and O–H groups in total. The summed E-state index contributed by atoms with van der Waals surface area (Å²) in [5.74, 6) is 0.697. The molecule has 0 bridgehead atoms. The summed E-state index contributed by atoms with van der Waals surface area (Å²) in [6.45, 7) is 2.64. The Morgan fingerprint density at radius 1 is 1.42 bits per heavy atom. The van der Waals surface area contributed by atoms with Crippen molar-refractivity contribution in [2.75, 3.05) is 5.73 Å². The van der Waals surface area contributed by atoms with Crippen molar-refractivity contribution in [1.82, 2.24) is 9.78 Å². The molecule has 0 aliphatic carbocycles. The highest BCUT2D eigenvalue weighted by Crippen LogP contribution is 2.31. The lowest BCUT2D eigenvalue weighted by molar-refractivity contribution is 0.482. The Morgan fingerprint density at radius 2 is 2.16 bits per heavy atom. The Bertz CT molecular complexity index is 694. The van der Waals surface area contributed by atoms with E-state index in [9.17, 15) is 8.42 Å². The molecule has 8 heteroatoms. The molecule has 19 heavy (non-hydrogen) atoms. The zero-order chi connectivity index (χ0) is 14.0. The maximum Gasteiger partial charge on any atom is 0.240 e. The number of aryl methyl sites for hydroxylation is 1. The van der Waals surface area contributed by atoms with Crippen LogP contribution in [-0.2, 0) is 16.6 Å². The van der Waals surface area contributed by atoms with E-state index in [0.29, 0.717) is 12.3 Å². The first-order chi connectivity index (χ1) is 8.91. The summed E-state index contributed by atoms with van der Waals surface area (Å²) in [6.07, 6.45) is 3.20. The first-order valence-electron chi connectivity index (χ1n) is 5.53. The second-order valence-corrected chi connectivity index (χ2v) is 5.38. The first kappa shape index (κ1) is 13.4. The fourth-order valence-electron chi connectivity index (χ4n) is 1.56. The average Bonchev–Trinajstić information content (AvgIpc) is 2.78. The SMILES string of the molecule is CCn1cc(Oc2cccc(S(N)(=O)=O)c2N)cn1. The minimum absolute atomic E-state index is 0.0192. The van der Waals surface area contributed by atoms with Crippen LogP contribution in [0.15, 0.2) is 35.5 Å². The third-order valence-corrected chi connectivity index (χ3v) is 3.46. The van der Waals surface area contributed by atoms with Crippen LogP contribution in [0.2, 0.25) is 0 Å². The van der Waals surface area contributed by atoms with Crippen molar-refractivity contribution in [3.8, 4) is 11.5 Å². The van der Waals surface area contributed by atoms with Gasteiger partial charge >= 0.3 is 0 Å². The smallest absolute Gasteiger partial charge is 0.240 e. The van der Waals surface area contributed by atoms with Gasteiger partial charge in [0.15, 0.2) is 11.5 Å². The standard InChI is InChI=1S/C11H14N4O3S/c1-2-15-7-8(6-14-15)18-9-4-3-5-10(11(9)12)19(13,16)17/h3-7H,2,12H2,1H3,(H2,13,16,17). The molecule has 0 saturated carbocycles. The average molecular weight is 282 g/mol. The Labute approximate surface area is 110 Å². The number of aromatic nitrogens is 2. The maximum absolute atomic E-state index is 11.3. The van der Waals surface area contributed by atoms with E-state index in [4.69, 9.17) is 15.6 Å². The molecule has 0 atom stereocenters. The summed E-state index contributed by atoms with van der Waals surface area (Å²) < 4.78 is 29.8. The second-order valence-electron chi connectivity index (χ2n) is 3.85. The van der Waals surface area contributed by atoms with Gasteiger partial charge in [0, 0.05) is 6.54 Å². The Hall–Kier alpha value is -2.06. The molecule has 0 radical (unpaired) electrons. The largest absolute Gasteiger partial charge is 0.452 e. The Balaban J connectivity index is 2.36. The number of nitrogen functional groups attached to an aromatic ring is 1. The second kappa shape index (κ2) is 4.90. The molecule has 2 rings (SSSR count). The van der Waals surface area contributed by atoms with Gasteiger partial charge < -0.3 is 10.5 Å². The van der Waals surface area contributed by atoms with E-state index in [1.165, 1.54) is 18.3 Å². The quantitative estimate of drug-likeness (QED) is 0.810. The van der Waals surface area contributed by atoms with E-state index < -0.39 is 10.0 Å². The molecule has 0 spiro atoms. The van der Waals surface area contributed by atoms with Crippen molar-refractivity contribution < 1.29 is 13.2 Å². The van der Waals surface area contributed by atoms with Crippen LogP contribution in [0.1, 0.15) is 6.92 Å². The number of sulfonamides is 1. The van der Waals surface area contributed by atoms with Gasteiger partial charge in [0.1, 0.15) is 4.90 Å². The number of ether oxygens (including phenoxy) is 1. The normalized spacial score (nSPS) is 11.5. The van der Waals surface area contributed by atoms with Crippen LogP contribution in [0.4, 0.5) is 5.69 Å². The zero-order valence-electron chi connectivity index (χ0n) is 10.3. The fourth-order valence-corrected chi connectivity index (χ4v) is 2.23. The van der Waals surface area contributed by atoms with Crippen LogP contribution < -0.4 is 15.6 Å². The van der Waals surface area contributed by atoms with Gasteiger partial charge in [0.25, 0.3) is 0 Å². The van der Waals surface area contributed by atoms with E-state index in [1.54, 1.807) is 16.9 Å². The third kappa shape index (κ3) is 2.85. The molecule has 102 valence electrons. The molecule has 0 saturated heterocycles. The van der Waals surface area contributed by atoms with E-state index in [1.807, 2.05) is 6.92 Å². The van der Waals surface area contributed by atoms with Gasteiger partial charge in [-0.25, -0.2) is 13.6 Å². The highest BCUT2D eigenvalue weighted by molar-refractivity contribution is 7.89. The molecule has 0 amide bonds. The fraction of sp³-hybridized carbons (Fsp3) is 0.182. The van der Waals surface area contributed by atoms with Gasteiger partial charge in [0.05, 0.1) is 18.1 Å². The van der Waals surface area contributed by atoms with Gasteiger partial charge in [-0.3, -0.25) is 4.68 Å². The van der Waals surface area contributed by atoms with Crippen LogP contribution >= 0.6 is 0 Å². The van der Waals surface area contributed by atoms with Gasteiger partial charge in [-0.05, 0) is 19.1 Å². The molecule has 1 heterocycles. The number of hydrogen-bond donors (Lipinski definition) is 2. The van der Waals surface area contributed by atoms with Crippen molar-refractivity contribution in [2.45, 2.75) is 18.4 Å². The molecule has 1 aromatic heterocycles. The van der Waals surface area contributed by atoms with E-state index in [-0.39, 0.29) is 16.3 Å². The molecular weight excluding hydrogens is 268 g/mol. The third-order valence-electron chi connectivity index (χ3n) is 2.49. The number of rotatable bonds is 4. The highest BCUT2D eigenvalue weighted by Gasteiger charge is 2.16. The van der Waals surface area contributed by atoms with Crippen molar-refractivity contribution in [2.24, 2.45) is 5.14 Å². The van der Waals surface area contributed by atoms with Crippen LogP contribution in [0, 0.1) is 0 Å². The predicted molar refractivity (Wildman–Crippen MR) is 70.2 cm³/mol. The number of anilines is 1. The van der Waals surface area contributed by atoms with Crippen molar-refractivity contribution in [3.05, 3.63) is 30.6 Å². The molecule has 0 aliphatic rings. The van der Waals surface area contributed by atoms with Crippen molar-refractivity contribution in [3.63, 3.8) is 0 Å². The predicted octanol–water partition coefficient (Wildman–Crippen LogP) is 0.925. The van der Waals surface area contributed by atoms with E-state index in [0.717, 1.165) is 0 Å². The summed E-state index contributed by atoms with van der Waals surface area (Å²) in [7, 11) is -3.87. The van der Waals surface area contributed by atoms with Crippen LogP contribution in [0.5, 0.6) is 11.5 Å². The Kier molecular flexibility index (Phi) is 3.45. The lowest BCUT2D eigenvalue weighted by Crippen LogP contribution is -2.14. The van der Waals surface area contributed by atoms with Crippen LogP contribution in [0.25, 0.3) is 0 Å². The minimum atomic E-state index is -3.87. The summed E-state index contributed by atoms with van der Waals surface area (Å²) in [4.78, 5) is -0.159. The maximum atomic E-state index is 11.3.